The average molecular weight is 535 g/mol. The molecule has 0 aliphatic heterocycles. The molecule has 0 atom stereocenters. The number of halogens is 3. The van der Waals surface area contributed by atoms with Crippen LogP contribution in [0.2, 0.25) is 0 Å². The number of hydrogen-bond acceptors (Lipinski definition) is 3. The van der Waals surface area contributed by atoms with Gasteiger partial charge in [-0.3, -0.25) is 9.88 Å². The van der Waals surface area contributed by atoms with Gasteiger partial charge in [0.15, 0.2) is 0 Å². The van der Waals surface area contributed by atoms with Crippen LogP contribution in [-0.4, -0.2) is 33.6 Å². The Kier molecular flexibility index (Phi) is 8.99. The normalized spacial score (nSPS) is 14.9. The fourth-order valence-corrected chi connectivity index (χ4v) is 5.70. The molecule has 0 spiro atoms. The number of nitrogens with one attached hydrogen (secondary N) is 1. The van der Waals surface area contributed by atoms with Crippen molar-refractivity contribution in [3.63, 3.8) is 0 Å². The monoisotopic (exact) mass is 534 g/mol. The highest BCUT2D eigenvalue weighted by atomic mass is 19.4. The average Bonchev–Trinajstić information content (AvgIpc) is 3.32. The van der Waals surface area contributed by atoms with E-state index in [0.29, 0.717) is 18.3 Å². The molecule has 0 amide bonds. The van der Waals surface area contributed by atoms with Crippen molar-refractivity contribution in [3.05, 3.63) is 95.9 Å². The van der Waals surface area contributed by atoms with Gasteiger partial charge < -0.3 is 9.88 Å². The van der Waals surface area contributed by atoms with Gasteiger partial charge in [-0.15, -0.1) is 0 Å². The van der Waals surface area contributed by atoms with Gasteiger partial charge in [0, 0.05) is 48.8 Å². The Morgan fingerprint density at radius 1 is 0.897 bits per heavy atom. The number of nitrogens with zero attached hydrogens (tertiary/aromatic N) is 3. The Balaban J connectivity index is 1.33. The second-order valence-electron chi connectivity index (χ2n) is 10.7. The summed E-state index contributed by atoms with van der Waals surface area (Å²) < 4.78 is 42.2. The van der Waals surface area contributed by atoms with Gasteiger partial charge in [-0.1, -0.05) is 43.5 Å². The summed E-state index contributed by atoms with van der Waals surface area (Å²) in [5.41, 5.74) is 3.10. The maximum absolute atomic E-state index is 13.4. The van der Waals surface area contributed by atoms with Gasteiger partial charge in [0.25, 0.3) is 0 Å². The second kappa shape index (κ2) is 12.8. The number of pyridine rings is 1. The van der Waals surface area contributed by atoms with Crippen LogP contribution in [0.4, 0.5) is 13.2 Å². The molecule has 0 bridgehead atoms. The molecule has 4 aromatic rings. The molecule has 0 radical (unpaired) electrons. The minimum absolute atomic E-state index is 0.516. The zero-order chi connectivity index (χ0) is 27.1. The number of unbranched alkanes of at least 4 members (excludes halogenated alkanes) is 1. The molecule has 1 aliphatic carbocycles. The van der Waals surface area contributed by atoms with Crippen LogP contribution >= 0.6 is 0 Å². The minimum atomic E-state index is -4.38. The van der Waals surface area contributed by atoms with Crippen molar-refractivity contribution >= 4 is 10.9 Å². The van der Waals surface area contributed by atoms with Crippen LogP contribution in [0.1, 0.15) is 61.6 Å². The van der Waals surface area contributed by atoms with Crippen LogP contribution in [0.15, 0.2) is 79.3 Å². The standard InChI is InChI=1S/C32H37F3N4/c33-32(34,35)27-9-8-12-29(21-27)39-24-26(30-13-4-5-14-31(30)39)23-38(22-25-15-18-36-19-16-25)20-7-6-17-37-28-10-2-1-3-11-28/h4-5,8-9,12-16,18-19,21,24,28,37H,1-3,6-7,10-11,17,20,22-23H2. The molecule has 1 aliphatic rings. The van der Waals surface area contributed by atoms with E-state index in [9.17, 15) is 13.2 Å². The van der Waals surface area contributed by atoms with Crippen molar-refractivity contribution in [2.75, 3.05) is 13.1 Å². The van der Waals surface area contributed by atoms with Gasteiger partial charge in [-0.2, -0.15) is 13.2 Å². The summed E-state index contributed by atoms with van der Waals surface area (Å²) in [5.74, 6) is 0. The lowest BCUT2D eigenvalue weighted by Crippen LogP contribution is -2.32. The summed E-state index contributed by atoms with van der Waals surface area (Å²) in [6.45, 7) is 3.49. The van der Waals surface area contributed by atoms with E-state index < -0.39 is 11.7 Å². The third-order valence-electron chi connectivity index (χ3n) is 7.73. The lowest BCUT2D eigenvalue weighted by molar-refractivity contribution is -0.137. The predicted molar refractivity (Wildman–Crippen MR) is 151 cm³/mol. The first-order valence-electron chi connectivity index (χ1n) is 14.1. The SMILES string of the molecule is FC(F)(F)c1cccc(-n2cc(CN(CCCCNC3CCCCC3)Cc3ccncc3)c3ccccc32)c1. The Bertz CT molecular complexity index is 1330. The van der Waals surface area contributed by atoms with Crippen LogP contribution < -0.4 is 5.32 Å². The highest BCUT2D eigenvalue weighted by molar-refractivity contribution is 5.85. The number of para-hydroxylation sites is 1. The maximum atomic E-state index is 13.4. The Morgan fingerprint density at radius 3 is 2.49 bits per heavy atom. The second-order valence-corrected chi connectivity index (χ2v) is 10.7. The molecule has 1 N–H and O–H groups in total. The summed E-state index contributed by atoms with van der Waals surface area (Å²) in [6, 6.07) is 18.3. The topological polar surface area (TPSA) is 33.1 Å². The summed E-state index contributed by atoms with van der Waals surface area (Å²) >= 11 is 0. The molecular formula is C32H37F3N4. The molecule has 2 heterocycles. The quantitative estimate of drug-likeness (QED) is 0.200. The highest BCUT2D eigenvalue weighted by Crippen LogP contribution is 2.32. The zero-order valence-corrected chi connectivity index (χ0v) is 22.3. The van der Waals surface area contributed by atoms with Crippen LogP contribution in [0.3, 0.4) is 0 Å². The number of hydrogen-bond donors (Lipinski definition) is 1. The van der Waals surface area contributed by atoms with Gasteiger partial charge in [-0.25, -0.2) is 0 Å². The van der Waals surface area contributed by atoms with Crippen molar-refractivity contribution in [2.45, 2.75) is 70.3 Å². The van der Waals surface area contributed by atoms with E-state index in [1.807, 2.05) is 53.5 Å². The largest absolute Gasteiger partial charge is 0.416 e. The fourth-order valence-electron chi connectivity index (χ4n) is 5.70. The number of benzene rings is 2. The third-order valence-corrected chi connectivity index (χ3v) is 7.73. The Hall–Kier alpha value is -3.16. The summed E-state index contributed by atoms with van der Waals surface area (Å²) in [6.07, 6.45) is 10.1. The van der Waals surface area contributed by atoms with Gasteiger partial charge in [0.1, 0.15) is 0 Å². The van der Waals surface area contributed by atoms with E-state index in [-0.39, 0.29) is 0 Å². The highest BCUT2D eigenvalue weighted by Gasteiger charge is 2.30. The van der Waals surface area contributed by atoms with Crippen LogP contribution in [0.5, 0.6) is 0 Å². The van der Waals surface area contributed by atoms with Crippen LogP contribution in [-0.2, 0) is 19.3 Å². The van der Waals surface area contributed by atoms with Crippen molar-refractivity contribution < 1.29 is 13.2 Å². The van der Waals surface area contributed by atoms with Gasteiger partial charge in [0.2, 0.25) is 0 Å². The molecule has 1 saturated carbocycles. The lowest BCUT2D eigenvalue weighted by atomic mass is 9.95. The number of fused-ring (bicyclic) bond motifs is 1. The molecule has 39 heavy (non-hydrogen) atoms. The summed E-state index contributed by atoms with van der Waals surface area (Å²) in [4.78, 5) is 6.60. The van der Waals surface area contributed by atoms with Crippen LogP contribution in [0, 0.1) is 0 Å². The molecule has 206 valence electrons. The summed E-state index contributed by atoms with van der Waals surface area (Å²) in [7, 11) is 0. The third kappa shape index (κ3) is 7.28. The maximum Gasteiger partial charge on any atom is 0.416 e. The first kappa shape index (κ1) is 27.4. The molecule has 2 aromatic carbocycles. The Labute approximate surface area is 228 Å². The van der Waals surface area contributed by atoms with Gasteiger partial charge >= 0.3 is 6.18 Å². The first-order valence-corrected chi connectivity index (χ1v) is 14.1. The zero-order valence-electron chi connectivity index (χ0n) is 22.3. The van der Waals surface area contributed by atoms with E-state index >= 15 is 0 Å². The van der Waals surface area contributed by atoms with E-state index in [0.717, 1.165) is 55.0 Å². The van der Waals surface area contributed by atoms with E-state index in [4.69, 9.17) is 0 Å². The van der Waals surface area contributed by atoms with Crippen LogP contribution in [0.25, 0.3) is 16.6 Å². The summed E-state index contributed by atoms with van der Waals surface area (Å²) in [5, 5.41) is 4.81. The first-order chi connectivity index (χ1) is 19.0. The molecule has 0 unspecified atom stereocenters. The number of alkyl halides is 3. The van der Waals surface area contributed by atoms with E-state index in [2.05, 4.69) is 21.3 Å². The molecular weight excluding hydrogens is 497 g/mol. The van der Waals surface area contributed by atoms with Gasteiger partial charge in [-0.05, 0) is 86.3 Å². The minimum Gasteiger partial charge on any atom is -0.316 e. The smallest absolute Gasteiger partial charge is 0.316 e. The van der Waals surface area contributed by atoms with Gasteiger partial charge in [0.05, 0.1) is 11.1 Å². The van der Waals surface area contributed by atoms with Crippen molar-refractivity contribution in [1.29, 1.82) is 0 Å². The molecule has 7 heteroatoms. The molecule has 0 saturated heterocycles. The van der Waals surface area contributed by atoms with E-state index in [1.54, 1.807) is 6.07 Å². The number of aromatic nitrogens is 2. The molecule has 4 nitrogen and oxygen atoms in total. The van der Waals surface area contributed by atoms with Crippen molar-refractivity contribution in [3.8, 4) is 5.69 Å². The number of rotatable bonds is 11. The predicted octanol–water partition coefficient (Wildman–Crippen LogP) is 7.75. The van der Waals surface area contributed by atoms with Crippen molar-refractivity contribution in [2.24, 2.45) is 0 Å². The van der Waals surface area contributed by atoms with Crippen molar-refractivity contribution in [1.82, 2.24) is 19.8 Å². The molecule has 1 fully saturated rings. The lowest BCUT2D eigenvalue weighted by Gasteiger charge is -2.24. The molecule has 5 rings (SSSR count). The molecule has 2 aromatic heterocycles. The fraction of sp³-hybridized carbons (Fsp3) is 0.406. The van der Waals surface area contributed by atoms with E-state index in [1.165, 1.54) is 49.8 Å². The Morgan fingerprint density at radius 2 is 1.69 bits per heavy atom.